The van der Waals surface area contributed by atoms with E-state index < -0.39 is 22.0 Å². The van der Waals surface area contributed by atoms with E-state index in [1.807, 2.05) is 50.2 Å². The van der Waals surface area contributed by atoms with Gasteiger partial charge in [0.1, 0.15) is 0 Å². The molecule has 0 spiro atoms. The molecular weight excluding hydrogens is 450 g/mol. The van der Waals surface area contributed by atoms with Crippen molar-refractivity contribution in [2.45, 2.75) is 37.6 Å². The number of hydrogen-bond acceptors (Lipinski definition) is 5. The average Bonchev–Trinajstić information content (AvgIpc) is 2.83. The molecule has 0 aromatic heterocycles. The van der Waals surface area contributed by atoms with Crippen LogP contribution in [-0.4, -0.2) is 37.6 Å². The number of rotatable bonds is 7. The van der Waals surface area contributed by atoms with Gasteiger partial charge in [-0.25, -0.2) is 8.42 Å². The lowest BCUT2D eigenvalue weighted by molar-refractivity contribution is -0.143. The first-order valence-corrected chi connectivity index (χ1v) is 12.6. The number of Topliss-reactive ketones (excluding diaryl/α,β-unsaturated/α-hetero) is 1. The normalized spacial score (nSPS) is 16.0. The molecule has 176 valence electrons. The Balaban J connectivity index is 1.54. The molecule has 1 aliphatic heterocycles. The van der Waals surface area contributed by atoms with Gasteiger partial charge in [-0.05, 0) is 43.5 Å². The fourth-order valence-corrected chi connectivity index (χ4v) is 5.76. The van der Waals surface area contributed by atoms with Crippen LogP contribution in [0.2, 0.25) is 0 Å². The van der Waals surface area contributed by atoms with Gasteiger partial charge in [0.05, 0.1) is 17.4 Å². The quantitative estimate of drug-likeness (QED) is 0.372. The Labute approximate surface area is 200 Å². The minimum absolute atomic E-state index is 0.177. The molecule has 7 heteroatoms. The van der Waals surface area contributed by atoms with Crippen LogP contribution >= 0.6 is 0 Å². The van der Waals surface area contributed by atoms with Gasteiger partial charge >= 0.3 is 5.97 Å². The fraction of sp³-hybridized carbons (Fsp3) is 0.259. The molecular formula is C27H27NO5S. The summed E-state index contributed by atoms with van der Waals surface area (Å²) in [6.07, 6.45) is 0.377. The molecule has 4 rings (SSSR count). The van der Waals surface area contributed by atoms with E-state index in [1.54, 1.807) is 36.4 Å². The van der Waals surface area contributed by atoms with Crippen LogP contribution in [-0.2, 0) is 26.0 Å². The molecule has 1 unspecified atom stereocenters. The van der Waals surface area contributed by atoms with Crippen LogP contribution in [0.15, 0.2) is 77.7 Å². The Bertz CT molecular complexity index is 1300. The summed E-state index contributed by atoms with van der Waals surface area (Å²) in [5.74, 6) is -0.923. The van der Waals surface area contributed by atoms with E-state index in [2.05, 4.69) is 0 Å². The number of nitrogens with zero attached hydrogens (tertiary/aromatic N) is 1. The number of ketones is 1. The summed E-state index contributed by atoms with van der Waals surface area (Å²) in [5.41, 5.74) is 4.24. The highest BCUT2D eigenvalue weighted by Gasteiger charge is 2.37. The minimum Gasteiger partial charge on any atom is -0.457 e. The Kier molecular flexibility index (Phi) is 6.95. The van der Waals surface area contributed by atoms with E-state index in [1.165, 1.54) is 4.31 Å². The van der Waals surface area contributed by atoms with Gasteiger partial charge in [0.15, 0.2) is 12.4 Å². The second-order valence-corrected chi connectivity index (χ2v) is 10.4. The van der Waals surface area contributed by atoms with Gasteiger partial charge < -0.3 is 4.74 Å². The third-order valence-corrected chi connectivity index (χ3v) is 8.01. The van der Waals surface area contributed by atoms with Crippen LogP contribution in [0.1, 0.15) is 45.1 Å². The first kappa shape index (κ1) is 23.9. The number of aryl methyl sites for hydroxylation is 2. The van der Waals surface area contributed by atoms with Crippen LogP contribution < -0.4 is 0 Å². The summed E-state index contributed by atoms with van der Waals surface area (Å²) in [7, 11) is -3.84. The maximum Gasteiger partial charge on any atom is 0.308 e. The third kappa shape index (κ3) is 5.11. The summed E-state index contributed by atoms with van der Waals surface area (Å²) in [6.45, 7) is 3.69. The van der Waals surface area contributed by atoms with Crippen molar-refractivity contribution in [1.82, 2.24) is 4.31 Å². The average molecular weight is 478 g/mol. The number of hydrogen-bond donors (Lipinski definition) is 0. The third-order valence-electron chi connectivity index (χ3n) is 6.09. The molecule has 3 aromatic rings. The summed E-state index contributed by atoms with van der Waals surface area (Å²) in [5, 5.41) is 0. The van der Waals surface area contributed by atoms with E-state index in [9.17, 15) is 18.0 Å². The number of ether oxygens (including phenoxy) is 1. The van der Waals surface area contributed by atoms with E-state index in [4.69, 9.17) is 4.74 Å². The summed E-state index contributed by atoms with van der Waals surface area (Å²) in [6, 6.07) is 20.5. The van der Waals surface area contributed by atoms with Gasteiger partial charge in [-0.3, -0.25) is 9.59 Å². The van der Waals surface area contributed by atoms with E-state index >= 15 is 0 Å². The SMILES string of the molecule is Cc1ccc(C(=O)COC(=O)CC2c3ccccc3CCN2S(=O)(=O)c2ccc(C)cc2)cc1. The molecule has 1 aliphatic rings. The number of carbonyl (C=O) groups excluding carboxylic acids is 2. The zero-order valence-corrected chi connectivity index (χ0v) is 20.0. The predicted octanol–water partition coefficient (Wildman–Crippen LogP) is 4.41. The zero-order valence-electron chi connectivity index (χ0n) is 19.2. The largest absolute Gasteiger partial charge is 0.457 e. The highest BCUT2D eigenvalue weighted by Crippen LogP contribution is 2.36. The summed E-state index contributed by atoms with van der Waals surface area (Å²) in [4.78, 5) is 25.4. The lowest BCUT2D eigenvalue weighted by Crippen LogP contribution is -2.41. The number of carbonyl (C=O) groups is 2. The van der Waals surface area contributed by atoms with Crippen molar-refractivity contribution in [2.24, 2.45) is 0 Å². The van der Waals surface area contributed by atoms with Gasteiger partial charge in [0.25, 0.3) is 0 Å². The molecule has 6 nitrogen and oxygen atoms in total. The molecule has 1 heterocycles. The standard InChI is InChI=1S/C27H27NO5S/c1-19-7-11-22(12-8-19)26(29)18-33-27(30)17-25-24-6-4-3-5-21(24)15-16-28(25)34(31,32)23-13-9-20(2)10-14-23/h3-14,25H,15-18H2,1-2H3. The van der Waals surface area contributed by atoms with Gasteiger partial charge in [0, 0.05) is 12.1 Å². The van der Waals surface area contributed by atoms with Crippen LogP contribution in [0.25, 0.3) is 0 Å². The molecule has 0 aliphatic carbocycles. The molecule has 0 radical (unpaired) electrons. The second kappa shape index (κ2) is 9.91. The molecule has 0 N–H and O–H groups in total. The fourth-order valence-electron chi connectivity index (χ4n) is 4.16. The zero-order chi connectivity index (χ0) is 24.3. The molecule has 3 aromatic carbocycles. The van der Waals surface area contributed by atoms with Crippen LogP contribution in [0.5, 0.6) is 0 Å². The van der Waals surface area contributed by atoms with Crippen molar-refractivity contribution < 1.29 is 22.7 Å². The Morgan fingerprint density at radius 3 is 2.21 bits per heavy atom. The lowest BCUT2D eigenvalue weighted by atomic mass is 9.92. The first-order chi connectivity index (χ1) is 16.3. The number of fused-ring (bicyclic) bond motifs is 1. The van der Waals surface area contributed by atoms with Crippen molar-refractivity contribution in [3.05, 3.63) is 101 Å². The first-order valence-electron chi connectivity index (χ1n) is 11.2. The topological polar surface area (TPSA) is 80.8 Å². The van der Waals surface area contributed by atoms with Gasteiger partial charge in [0.2, 0.25) is 10.0 Å². The molecule has 1 atom stereocenters. The number of sulfonamides is 1. The Hall–Kier alpha value is -3.29. The van der Waals surface area contributed by atoms with Crippen LogP contribution in [0.3, 0.4) is 0 Å². The van der Waals surface area contributed by atoms with E-state index in [0.717, 1.165) is 22.3 Å². The number of benzene rings is 3. The van der Waals surface area contributed by atoms with Gasteiger partial charge in [-0.1, -0.05) is 71.8 Å². The van der Waals surface area contributed by atoms with Crippen molar-refractivity contribution in [2.75, 3.05) is 13.2 Å². The van der Waals surface area contributed by atoms with Crippen molar-refractivity contribution in [1.29, 1.82) is 0 Å². The molecule has 0 bridgehead atoms. The molecule has 34 heavy (non-hydrogen) atoms. The van der Waals surface area contributed by atoms with Crippen LogP contribution in [0, 0.1) is 13.8 Å². The monoisotopic (exact) mass is 477 g/mol. The van der Waals surface area contributed by atoms with Crippen molar-refractivity contribution >= 4 is 21.8 Å². The highest BCUT2D eigenvalue weighted by molar-refractivity contribution is 7.89. The number of esters is 1. The molecule has 0 amide bonds. The minimum atomic E-state index is -3.84. The maximum absolute atomic E-state index is 13.5. The van der Waals surface area contributed by atoms with Gasteiger partial charge in [-0.2, -0.15) is 4.31 Å². The highest BCUT2D eigenvalue weighted by atomic mass is 32.2. The Morgan fingerprint density at radius 1 is 0.912 bits per heavy atom. The molecule has 0 saturated carbocycles. The predicted molar refractivity (Wildman–Crippen MR) is 129 cm³/mol. The maximum atomic E-state index is 13.5. The van der Waals surface area contributed by atoms with E-state index in [-0.39, 0.29) is 30.3 Å². The molecule has 0 fully saturated rings. The van der Waals surface area contributed by atoms with Crippen molar-refractivity contribution in [3.63, 3.8) is 0 Å². The lowest BCUT2D eigenvalue weighted by Gasteiger charge is -2.36. The van der Waals surface area contributed by atoms with Gasteiger partial charge in [-0.15, -0.1) is 0 Å². The smallest absolute Gasteiger partial charge is 0.308 e. The molecule has 0 saturated heterocycles. The van der Waals surface area contributed by atoms with E-state index in [0.29, 0.717) is 12.0 Å². The summed E-state index contributed by atoms with van der Waals surface area (Å²) >= 11 is 0. The van der Waals surface area contributed by atoms with Crippen molar-refractivity contribution in [3.8, 4) is 0 Å². The Morgan fingerprint density at radius 2 is 1.53 bits per heavy atom. The van der Waals surface area contributed by atoms with Crippen LogP contribution in [0.4, 0.5) is 0 Å². The summed E-state index contributed by atoms with van der Waals surface area (Å²) < 4.78 is 33.7. The second-order valence-electron chi connectivity index (χ2n) is 8.55.